The highest BCUT2D eigenvalue weighted by Gasteiger charge is 2.19. The summed E-state index contributed by atoms with van der Waals surface area (Å²) in [5, 5.41) is 10.8. The number of halogens is 1. The van der Waals surface area contributed by atoms with E-state index < -0.39 is 24.6 Å². The number of alkyl halides is 1. The Morgan fingerprint density at radius 3 is 2.24 bits per heavy atom. The maximum atomic E-state index is 12.4. The molecule has 1 aromatic carbocycles. The Kier molecular flexibility index (Phi) is 5.88. The van der Waals surface area contributed by atoms with Crippen LogP contribution in [0.4, 0.5) is 4.39 Å². The molecule has 1 atom stereocenters. The minimum absolute atomic E-state index is 0.0751. The number of carbonyl (C=O) groups excluding carboxylic acids is 1. The third kappa shape index (κ3) is 5.53. The molecule has 1 rings (SSSR count). The third-order valence-corrected chi connectivity index (χ3v) is 3.25. The van der Waals surface area contributed by atoms with Gasteiger partial charge in [0.15, 0.2) is 6.04 Å². The van der Waals surface area contributed by atoms with Gasteiger partial charge in [-0.3, -0.25) is 4.79 Å². The number of carbonyl (C=O) groups is 2. The van der Waals surface area contributed by atoms with Crippen molar-refractivity contribution in [3.8, 4) is 0 Å². The molecular formula is C16H22FNO3. The van der Waals surface area contributed by atoms with Crippen molar-refractivity contribution in [3.63, 3.8) is 0 Å². The maximum Gasteiger partial charge on any atom is 0.328 e. The predicted molar refractivity (Wildman–Crippen MR) is 79.0 cm³/mol. The van der Waals surface area contributed by atoms with Gasteiger partial charge in [-0.15, -0.1) is 0 Å². The zero-order valence-electron chi connectivity index (χ0n) is 12.6. The highest BCUT2D eigenvalue weighted by molar-refractivity contribution is 5.83. The first-order chi connectivity index (χ1) is 9.74. The van der Waals surface area contributed by atoms with Crippen LogP contribution < -0.4 is 5.32 Å². The van der Waals surface area contributed by atoms with Crippen LogP contribution in [0.25, 0.3) is 0 Å². The van der Waals surface area contributed by atoms with Crippen molar-refractivity contribution >= 4 is 11.9 Å². The van der Waals surface area contributed by atoms with Gasteiger partial charge in [0.2, 0.25) is 5.91 Å². The molecule has 0 aliphatic carbocycles. The molecular weight excluding hydrogens is 273 g/mol. The maximum absolute atomic E-state index is 12.4. The van der Waals surface area contributed by atoms with Gasteiger partial charge >= 0.3 is 5.97 Å². The molecule has 0 radical (unpaired) electrons. The Balaban J connectivity index is 2.52. The second-order valence-electron chi connectivity index (χ2n) is 6.06. The second kappa shape index (κ2) is 7.20. The molecule has 0 aliphatic rings. The van der Waals surface area contributed by atoms with Gasteiger partial charge in [-0.05, 0) is 23.0 Å². The number of carboxylic acids is 1. The van der Waals surface area contributed by atoms with Crippen LogP contribution in [0.2, 0.25) is 0 Å². The van der Waals surface area contributed by atoms with Crippen molar-refractivity contribution in [2.45, 2.75) is 45.1 Å². The Bertz CT molecular complexity index is 491. The average molecular weight is 295 g/mol. The quantitative estimate of drug-likeness (QED) is 0.847. The topological polar surface area (TPSA) is 66.4 Å². The third-order valence-electron chi connectivity index (χ3n) is 3.25. The molecule has 5 heteroatoms. The number of amides is 1. The lowest BCUT2D eigenvalue weighted by atomic mass is 9.86. The van der Waals surface area contributed by atoms with Crippen LogP contribution in [-0.4, -0.2) is 29.7 Å². The number of rotatable bonds is 6. The number of hydrogen-bond donors (Lipinski definition) is 2. The summed E-state index contributed by atoms with van der Waals surface area (Å²) in [5.74, 6) is -1.82. The van der Waals surface area contributed by atoms with E-state index in [2.05, 4.69) is 26.1 Å². The van der Waals surface area contributed by atoms with E-state index in [9.17, 15) is 14.0 Å². The molecule has 0 saturated heterocycles. The van der Waals surface area contributed by atoms with E-state index in [-0.39, 0.29) is 11.8 Å². The van der Waals surface area contributed by atoms with Gasteiger partial charge in [-0.25, -0.2) is 9.18 Å². The van der Waals surface area contributed by atoms with Crippen LogP contribution in [0, 0.1) is 0 Å². The first-order valence-electron chi connectivity index (χ1n) is 6.91. The highest BCUT2D eigenvalue weighted by Crippen LogP contribution is 2.22. The zero-order valence-corrected chi connectivity index (χ0v) is 12.6. The van der Waals surface area contributed by atoms with Gasteiger partial charge in [0.1, 0.15) is 6.67 Å². The Labute approximate surface area is 124 Å². The minimum Gasteiger partial charge on any atom is -0.480 e. The summed E-state index contributed by atoms with van der Waals surface area (Å²) in [6, 6.07) is 6.50. The van der Waals surface area contributed by atoms with Crippen LogP contribution >= 0.6 is 0 Å². The van der Waals surface area contributed by atoms with Crippen LogP contribution in [0.15, 0.2) is 24.3 Å². The van der Waals surface area contributed by atoms with E-state index in [1.54, 1.807) is 0 Å². The van der Waals surface area contributed by atoms with E-state index >= 15 is 0 Å². The fraction of sp³-hybridized carbons (Fsp3) is 0.500. The van der Waals surface area contributed by atoms with E-state index in [0.29, 0.717) is 6.42 Å². The Hall–Kier alpha value is -1.91. The molecule has 0 heterocycles. The van der Waals surface area contributed by atoms with E-state index in [0.717, 1.165) is 5.56 Å². The van der Waals surface area contributed by atoms with Gasteiger partial charge in [-0.1, -0.05) is 45.0 Å². The number of nitrogens with one attached hydrogen (secondary N) is 1. The van der Waals surface area contributed by atoms with Crippen molar-refractivity contribution in [1.29, 1.82) is 0 Å². The van der Waals surface area contributed by atoms with Gasteiger partial charge in [0, 0.05) is 6.42 Å². The molecule has 1 aromatic rings. The molecule has 0 spiro atoms. The summed E-state index contributed by atoms with van der Waals surface area (Å²) in [5.41, 5.74) is 2.27. The lowest BCUT2D eigenvalue weighted by Gasteiger charge is -2.19. The van der Waals surface area contributed by atoms with Gasteiger partial charge in [-0.2, -0.15) is 0 Å². The zero-order chi connectivity index (χ0) is 16.0. The average Bonchev–Trinajstić information content (AvgIpc) is 2.41. The SMILES string of the molecule is CC(C)(C)c1ccc(CCC(=O)NC(CF)C(=O)O)cc1. The normalized spacial score (nSPS) is 12.8. The van der Waals surface area contributed by atoms with Crippen LogP contribution in [-0.2, 0) is 21.4 Å². The fourth-order valence-electron chi connectivity index (χ4n) is 1.86. The van der Waals surface area contributed by atoms with Crippen molar-refractivity contribution in [2.24, 2.45) is 0 Å². The molecule has 116 valence electrons. The van der Waals surface area contributed by atoms with Crippen molar-refractivity contribution < 1.29 is 19.1 Å². The molecule has 1 amide bonds. The summed E-state index contributed by atoms with van der Waals surface area (Å²) < 4.78 is 12.4. The number of aliphatic carboxylic acids is 1. The van der Waals surface area contributed by atoms with Crippen LogP contribution in [0.1, 0.15) is 38.3 Å². The molecule has 21 heavy (non-hydrogen) atoms. The highest BCUT2D eigenvalue weighted by atomic mass is 19.1. The minimum atomic E-state index is -1.46. The summed E-state index contributed by atoms with van der Waals surface area (Å²) >= 11 is 0. The Morgan fingerprint density at radius 2 is 1.81 bits per heavy atom. The molecule has 0 aliphatic heterocycles. The van der Waals surface area contributed by atoms with E-state index in [1.165, 1.54) is 5.56 Å². The molecule has 4 nitrogen and oxygen atoms in total. The largest absolute Gasteiger partial charge is 0.480 e. The van der Waals surface area contributed by atoms with E-state index in [4.69, 9.17) is 5.11 Å². The van der Waals surface area contributed by atoms with Crippen LogP contribution in [0.3, 0.4) is 0 Å². The summed E-state index contributed by atoms with van der Waals surface area (Å²) in [6.45, 7) is 5.26. The lowest BCUT2D eigenvalue weighted by molar-refractivity contribution is -0.142. The van der Waals surface area contributed by atoms with Gasteiger partial charge in [0.05, 0.1) is 0 Å². The number of carboxylic acid groups (broad SMARTS) is 1. The van der Waals surface area contributed by atoms with Crippen molar-refractivity contribution in [2.75, 3.05) is 6.67 Å². The van der Waals surface area contributed by atoms with Gasteiger partial charge < -0.3 is 10.4 Å². The smallest absolute Gasteiger partial charge is 0.328 e. The molecule has 1 unspecified atom stereocenters. The monoisotopic (exact) mass is 295 g/mol. The molecule has 0 bridgehead atoms. The van der Waals surface area contributed by atoms with Crippen LogP contribution in [0.5, 0.6) is 0 Å². The summed E-state index contributed by atoms with van der Waals surface area (Å²) in [6.07, 6.45) is 0.632. The van der Waals surface area contributed by atoms with Crippen molar-refractivity contribution in [1.82, 2.24) is 5.32 Å². The number of benzene rings is 1. The number of aryl methyl sites for hydroxylation is 1. The fourth-order valence-corrected chi connectivity index (χ4v) is 1.86. The molecule has 0 aromatic heterocycles. The molecule has 2 N–H and O–H groups in total. The first kappa shape index (κ1) is 17.1. The first-order valence-corrected chi connectivity index (χ1v) is 6.91. The molecule has 0 saturated carbocycles. The summed E-state index contributed by atoms with van der Waals surface area (Å²) in [4.78, 5) is 22.2. The van der Waals surface area contributed by atoms with Gasteiger partial charge in [0.25, 0.3) is 0 Å². The Morgan fingerprint density at radius 1 is 1.24 bits per heavy atom. The predicted octanol–water partition coefficient (Wildman–Crippen LogP) is 2.46. The summed E-state index contributed by atoms with van der Waals surface area (Å²) in [7, 11) is 0. The van der Waals surface area contributed by atoms with Crippen molar-refractivity contribution in [3.05, 3.63) is 35.4 Å². The number of hydrogen-bond acceptors (Lipinski definition) is 2. The lowest BCUT2D eigenvalue weighted by Crippen LogP contribution is -2.42. The van der Waals surface area contributed by atoms with E-state index in [1.807, 2.05) is 24.3 Å². The second-order valence-corrected chi connectivity index (χ2v) is 6.06. The standard InChI is InChI=1S/C16H22FNO3/c1-16(2,3)12-7-4-11(5-8-12)6-9-14(19)18-13(10-17)15(20)21/h4-5,7-8,13H,6,9-10H2,1-3H3,(H,18,19)(H,20,21). The molecule has 0 fully saturated rings.